The number of carboxylic acid groups (broad SMARTS) is 1. The van der Waals surface area contributed by atoms with E-state index in [4.69, 9.17) is 4.74 Å². The molecule has 2 N–H and O–H groups in total. The Bertz CT molecular complexity index is 1420. The Morgan fingerprint density at radius 1 is 0.829 bits per heavy atom. The minimum absolute atomic E-state index is 0.158. The van der Waals surface area contributed by atoms with E-state index >= 15 is 0 Å². The average Bonchev–Trinajstić information content (AvgIpc) is 2.99. The highest BCUT2D eigenvalue weighted by atomic mass is 16.5. The second-order valence-electron chi connectivity index (χ2n) is 10.2. The summed E-state index contributed by atoms with van der Waals surface area (Å²) in [5.74, 6) is -0.0507. The van der Waals surface area contributed by atoms with Crippen LogP contribution in [0.25, 0.3) is 22.5 Å². The molecular weight excluding hydrogens is 514 g/mol. The summed E-state index contributed by atoms with van der Waals surface area (Å²) < 4.78 is 5.86. The average molecular weight is 552 g/mol. The van der Waals surface area contributed by atoms with Crippen molar-refractivity contribution in [2.75, 3.05) is 6.61 Å². The molecule has 1 heterocycles. The van der Waals surface area contributed by atoms with Crippen LogP contribution >= 0.6 is 0 Å². The van der Waals surface area contributed by atoms with Gasteiger partial charge in [0.2, 0.25) is 0 Å². The summed E-state index contributed by atoms with van der Waals surface area (Å²) in [4.78, 5) is 33.6. The summed E-state index contributed by atoms with van der Waals surface area (Å²) >= 11 is 0. The predicted molar refractivity (Wildman–Crippen MR) is 161 cm³/mol. The molecule has 0 aliphatic rings. The van der Waals surface area contributed by atoms with Crippen LogP contribution in [0.2, 0.25) is 0 Å². The van der Waals surface area contributed by atoms with Crippen LogP contribution in [0.15, 0.2) is 85.2 Å². The van der Waals surface area contributed by atoms with Crippen LogP contribution in [0.3, 0.4) is 0 Å². The Morgan fingerprint density at radius 2 is 1.49 bits per heavy atom. The first-order chi connectivity index (χ1) is 19.9. The van der Waals surface area contributed by atoms with Gasteiger partial charge in [0.05, 0.1) is 6.61 Å². The lowest BCUT2D eigenvalue weighted by molar-refractivity contribution is -0.139. The van der Waals surface area contributed by atoms with Crippen LogP contribution in [0, 0.1) is 6.92 Å². The number of carbonyl (C=O) groups is 2. The van der Waals surface area contributed by atoms with Crippen molar-refractivity contribution in [1.29, 1.82) is 0 Å². The maximum atomic E-state index is 12.6. The van der Waals surface area contributed by atoms with Crippen LogP contribution in [-0.4, -0.2) is 39.6 Å². The number of benzene rings is 3. The van der Waals surface area contributed by atoms with Gasteiger partial charge < -0.3 is 15.2 Å². The molecule has 7 heteroatoms. The first kappa shape index (κ1) is 29.5. The summed E-state index contributed by atoms with van der Waals surface area (Å²) in [5, 5.41) is 12.3. The molecule has 0 fully saturated rings. The number of hydrogen-bond acceptors (Lipinski definition) is 5. The molecule has 0 bridgehead atoms. The molecule has 212 valence electrons. The summed E-state index contributed by atoms with van der Waals surface area (Å²) in [6.07, 6.45) is 9.81. The second-order valence-corrected chi connectivity index (χ2v) is 10.2. The fourth-order valence-electron chi connectivity index (χ4n) is 4.55. The Morgan fingerprint density at radius 3 is 2.15 bits per heavy atom. The van der Waals surface area contributed by atoms with E-state index in [1.165, 1.54) is 25.7 Å². The molecule has 4 rings (SSSR count). The van der Waals surface area contributed by atoms with Crippen LogP contribution in [-0.2, 0) is 11.2 Å². The van der Waals surface area contributed by atoms with Gasteiger partial charge in [-0.3, -0.25) is 4.79 Å². The van der Waals surface area contributed by atoms with Crippen molar-refractivity contribution in [3.8, 4) is 28.3 Å². The number of aromatic nitrogens is 2. The van der Waals surface area contributed by atoms with Gasteiger partial charge in [-0.15, -0.1) is 0 Å². The van der Waals surface area contributed by atoms with Gasteiger partial charge in [0, 0.05) is 35.5 Å². The van der Waals surface area contributed by atoms with Gasteiger partial charge in [0.15, 0.2) is 5.82 Å². The standard InChI is InChI=1S/C34H37N3O4/c1-3-4-5-6-9-20-41-29-18-16-26(17-19-29)28-22-35-32(36-23-28)27-14-12-25(13-15-27)21-31(34(39)40)37-33(38)30-11-8-7-10-24(30)2/h7-8,10-19,22-23,31H,3-6,9,20-21H2,1-2H3,(H,37,38)(H,39,40). The molecule has 1 amide bonds. The van der Waals surface area contributed by atoms with Gasteiger partial charge in [-0.1, -0.05) is 87.2 Å². The number of unbranched alkanes of at least 4 members (excludes halogenated alkanes) is 4. The van der Waals surface area contributed by atoms with Crippen LogP contribution < -0.4 is 10.1 Å². The molecular formula is C34H37N3O4. The van der Waals surface area contributed by atoms with Crippen molar-refractivity contribution < 1.29 is 19.4 Å². The van der Waals surface area contributed by atoms with Crippen molar-refractivity contribution in [3.63, 3.8) is 0 Å². The van der Waals surface area contributed by atoms with E-state index in [-0.39, 0.29) is 6.42 Å². The highest BCUT2D eigenvalue weighted by Crippen LogP contribution is 2.24. The molecule has 1 atom stereocenters. The molecule has 0 spiro atoms. The normalized spacial score (nSPS) is 11.6. The van der Waals surface area contributed by atoms with Gasteiger partial charge in [-0.05, 0) is 48.2 Å². The lowest BCUT2D eigenvalue weighted by Gasteiger charge is -2.16. The van der Waals surface area contributed by atoms with Gasteiger partial charge in [0.25, 0.3) is 5.91 Å². The van der Waals surface area contributed by atoms with Crippen molar-refractivity contribution in [1.82, 2.24) is 15.3 Å². The summed E-state index contributed by atoms with van der Waals surface area (Å²) in [6.45, 7) is 4.77. The zero-order valence-electron chi connectivity index (χ0n) is 23.7. The molecule has 0 saturated carbocycles. The monoisotopic (exact) mass is 551 g/mol. The molecule has 1 unspecified atom stereocenters. The van der Waals surface area contributed by atoms with Crippen molar-refractivity contribution in [2.45, 2.75) is 58.4 Å². The van der Waals surface area contributed by atoms with Gasteiger partial charge in [-0.2, -0.15) is 0 Å². The Hall–Kier alpha value is -4.52. The quantitative estimate of drug-likeness (QED) is 0.165. The third-order valence-electron chi connectivity index (χ3n) is 7.00. The fraction of sp³-hybridized carbons (Fsp3) is 0.294. The minimum Gasteiger partial charge on any atom is -0.494 e. The SMILES string of the molecule is CCCCCCCOc1ccc(-c2cnc(-c3ccc(CC(NC(=O)c4ccccc4C)C(=O)O)cc3)nc2)cc1. The highest BCUT2D eigenvalue weighted by Gasteiger charge is 2.22. The largest absolute Gasteiger partial charge is 0.494 e. The number of amides is 1. The molecule has 0 radical (unpaired) electrons. The molecule has 0 aliphatic carbocycles. The predicted octanol–water partition coefficient (Wildman–Crippen LogP) is 6.89. The number of rotatable bonds is 14. The smallest absolute Gasteiger partial charge is 0.326 e. The number of aryl methyl sites for hydroxylation is 1. The highest BCUT2D eigenvalue weighted by molar-refractivity contribution is 5.97. The van der Waals surface area contributed by atoms with E-state index in [0.29, 0.717) is 11.4 Å². The summed E-state index contributed by atoms with van der Waals surface area (Å²) in [5.41, 5.74) is 4.77. The van der Waals surface area contributed by atoms with Crippen LogP contribution in [0.4, 0.5) is 0 Å². The van der Waals surface area contributed by atoms with E-state index in [9.17, 15) is 14.7 Å². The Kier molecular flexibility index (Phi) is 10.6. The Balaban J connectivity index is 1.33. The van der Waals surface area contributed by atoms with E-state index in [1.807, 2.05) is 67.6 Å². The zero-order valence-corrected chi connectivity index (χ0v) is 23.7. The molecule has 7 nitrogen and oxygen atoms in total. The lowest BCUT2D eigenvalue weighted by Crippen LogP contribution is -2.42. The number of hydrogen-bond donors (Lipinski definition) is 2. The minimum atomic E-state index is -1.09. The molecule has 4 aromatic rings. The van der Waals surface area contributed by atoms with Crippen LogP contribution in [0.5, 0.6) is 5.75 Å². The molecule has 3 aromatic carbocycles. The van der Waals surface area contributed by atoms with Gasteiger partial charge in [-0.25, -0.2) is 14.8 Å². The fourth-order valence-corrected chi connectivity index (χ4v) is 4.55. The van der Waals surface area contributed by atoms with E-state index in [2.05, 4.69) is 22.2 Å². The number of nitrogens with one attached hydrogen (secondary N) is 1. The molecule has 41 heavy (non-hydrogen) atoms. The molecule has 1 aromatic heterocycles. The maximum Gasteiger partial charge on any atom is 0.326 e. The third-order valence-corrected chi connectivity index (χ3v) is 7.00. The molecule has 0 aliphatic heterocycles. The first-order valence-electron chi connectivity index (χ1n) is 14.2. The Labute approximate surface area is 241 Å². The van der Waals surface area contributed by atoms with Crippen molar-refractivity contribution in [3.05, 3.63) is 102 Å². The summed E-state index contributed by atoms with van der Waals surface area (Å²) in [7, 11) is 0. The van der Waals surface area contributed by atoms with Crippen molar-refractivity contribution in [2.24, 2.45) is 0 Å². The van der Waals surface area contributed by atoms with E-state index < -0.39 is 17.9 Å². The van der Waals surface area contributed by atoms with Gasteiger partial charge in [0.1, 0.15) is 11.8 Å². The third kappa shape index (κ3) is 8.48. The van der Waals surface area contributed by atoms with Crippen molar-refractivity contribution >= 4 is 11.9 Å². The number of nitrogens with zero attached hydrogens (tertiary/aromatic N) is 2. The molecule has 0 saturated heterocycles. The van der Waals surface area contributed by atoms with E-state index in [0.717, 1.165) is 46.6 Å². The van der Waals surface area contributed by atoms with E-state index in [1.54, 1.807) is 24.5 Å². The lowest BCUT2D eigenvalue weighted by atomic mass is 10.0. The first-order valence-corrected chi connectivity index (χ1v) is 14.2. The zero-order chi connectivity index (χ0) is 29.0. The number of carbonyl (C=O) groups excluding carboxylic acids is 1. The summed E-state index contributed by atoms with van der Waals surface area (Å²) in [6, 6.07) is 21.4. The van der Waals surface area contributed by atoms with Gasteiger partial charge >= 0.3 is 5.97 Å². The topological polar surface area (TPSA) is 101 Å². The number of ether oxygens (including phenoxy) is 1. The number of aliphatic carboxylic acids is 1. The maximum absolute atomic E-state index is 12.6. The number of carboxylic acids is 1. The second kappa shape index (κ2) is 14.7. The van der Waals surface area contributed by atoms with Crippen LogP contribution in [0.1, 0.15) is 60.5 Å².